The summed E-state index contributed by atoms with van der Waals surface area (Å²) >= 11 is 7.28. The highest BCUT2D eigenvalue weighted by Gasteiger charge is 2.32. The van der Waals surface area contributed by atoms with Gasteiger partial charge in [0, 0.05) is 55.1 Å². The number of hydrogen-bond donors (Lipinski definition) is 0. The van der Waals surface area contributed by atoms with Gasteiger partial charge in [0.05, 0.1) is 10.6 Å². The summed E-state index contributed by atoms with van der Waals surface area (Å²) in [7, 11) is -3.68. The van der Waals surface area contributed by atoms with Gasteiger partial charge in [-0.1, -0.05) is 30.7 Å². The van der Waals surface area contributed by atoms with E-state index in [4.69, 9.17) is 11.6 Å². The molecule has 174 valence electrons. The van der Waals surface area contributed by atoms with E-state index < -0.39 is 10.0 Å². The van der Waals surface area contributed by atoms with Crippen LogP contribution in [0.5, 0.6) is 0 Å². The number of piperazine rings is 1. The quantitative estimate of drug-likeness (QED) is 0.541. The Hall–Kier alpha value is -2.08. The van der Waals surface area contributed by atoms with Gasteiger partial charge in [-0.15, -0.1) is 11.3 Å². The van der Waals surface area contributed by atoms with Crippen molar-refractivity contribution in [2.75, 3.05) is 26.2 Å². The highest BCUT2D eigenvalue weighted by molar-refractivity contribution is 7.89. The van der Waals surface area contributed by atoms with E-state index in [0.717, 1.165) is 26.4 Å². The second-order valence-electron chi connectivity index (χ2n) is 8.37. The summed E-state index contributed by atoms with van der Waals surface area (Å²) in [6.07, 6.45) is 0.534. The molecule has 1 amide bonds. The highest BCUT2D eigenvalue weighted by atomic mass is 35.5. The van der Waals surface area contributed by atoms with Crippen LogP contribution < -0.4 is 0 Å². The Labute approximate surface area is 201 Å². The van der Waals surface area contributed by atoms with Crippen molar-refractivity contribution in [3.8, 4) is 0 Å². The topological polar surface area (TPSA) is 96.9 Å². The van der Waals surface area contributed by atoms with Crippen LogP contribution in [0.25, 0.3) is 10.8 Å². The number of carbonyl (C=O) groups is 1. The van der Waals surface area contributed by atoms with Gasteiger partial charge >= 0.3 is 0 Å². The van der Waals surface area contributed by atoms with Crippen LogP contribution in [-0.4, -0.2) is 65.8 Å². The summed E-state index contributed by atoms with van der Waals surface area (Å²) in [5, 5.41) is 15.6. The molecule has 2 aliphatic heterocycles. The first-order valence-electron chi connectivity index (χ1n) is 10.6. The fourth-order valence-corrected chi connectivity index (χ4v) is 6.89. The Kier molecular flexibility index (Phi) is 5.92. The fourth-order valence-electron chi connectivity index (χ4n) is 4.21. The Balaban J connectivity index is 1.28. The fraction of sp³-hybridized carbons (Fsp3) is 0.364. The third-order valence-corrected chi connectivity index (χ3v) is 9.38. The lowest BCUT2D eigenvalue weighted by atomic mass is 10.1. The van der Waals surface area contributed by atoms with Crippen molar-refractivity contribution >= 4 is 49.6 Å². The maximum Gasteiger partial charge on any atom is 0.282 e. The van der Waals surface area contributed by atoms with Crippen LogP contribution in [0.1, 0.15) is 27.3 Å². The summed E-state index contributed by atoms with van der Waals surface area (Å²) in [6.45, 7) is 3.10. The molecule has 11 heteroatoms. The maximum absolute atomic E-state index is 13.2. The minimum absolute atomic E-state index is 0.150. The number of thiazole rings is 1. The van der Waals surface area contributed by atoms with E-state index in [-0.39, 0.29) is 49.6 Å². The molecule has 5 rings (SSSR count). The molecule has 1 fully saturated rings. The zero-order valence-corrected chi connectivity index (χ0v) is 20.3. The molecule has 1 aromatic heterocycles. The Morgan fingerprint density at radius 2 is 1.82 bits per heavy atom. The van der Waals surface area contributed by atoms with Crippen molar-refractivity contribution in [3.05, 3.63) is 62.2 Å². The van der Waals surface area contributed by atoms with Gasteiger partial charge < -0.3 is 15.2 Å². The molecule has 3 heterocycles. The molecular weight excluding hydrogens is 484 g/mol. The SMILES string of the molecule is CC1Cc2nc(C(=O)N3CCN(S(=O)(=O)c4ccc5cc(Cl)ccc5c4)CC3)sc2CN1[O-]. The molecule has 2 aliphatic rings. The van der Waals surface area contributed by atoms with E-state index in [1.54, 1.807) is 41.3 Å². The second kappa shape index (κ2) is 8.61. The number of sulfonamides is 1. The molecule has 0 saturated carbocycles. The Morgan fingerprint density at radius 3 is 2.58 bits per heavy atom. The van der Waals surface area contributed by atoms with Crippen molar-refractivity contribution in [1.82, 2.24) is 19.3 Å². The molecule has 3 aromatic rings. The first-order chi connectivity index (χ1) is 15.7. The lowest BCUT2D eigenvalue weighted by molar-refractivity contribution is 0.0697. The average Bonchev–Trinajstić information content (AvgIpc) is 3.21. The van der Waals surface area contributed by atoms with Gasteiger partial charge in [0.25, 0.3) is 5.91 Å². The monoisotopic (exact) mass is 505 g/mol. The van der Waals surface area contributed by atoms with Crippen LogP contribution in [-0.2, 0) is 23.0 Å². The number of hydroxylamine groups is 2. The number of benzene rings is 2. The summed E-state index contributed by atoms with van der Waals surface area (Å²) in [5.41, 5.74) is 0.821. The summed E-state index contributed by atoms with van der Waals surface area (Å²) < 4.78 is 27.8. The molecule has 0 N–H and O–H groups in total. The number of aromatic nitrogens is 1. The third kappa shape index (κ3) is 4.27. The maximum atomic E-state index is 13.2. The molecule has 0 radical (unpaired) electrons. The Bertz CT molecular complexity index is 1310. The highest BCUT2D eigenvalue weighted by Crippen LogP contribution is 2.29. The number of hydrogen-bond acceptors (Lipinski definition) is 7. The minimum Gasteiger partial charge on any atom is -0.785 e. The number of amides is 1. The number of halogens is 1. The largest absolute Gasteiger partial charge is 0.785 e. The molecule has 1 saturated heterocycles. The van der Waals surface area contributed by atoms with E-state index in [1.807, 2.05) is 6.92 Å². The lowest BCUT2D eigenvalue weighted by Crippen LogP contribution is -2.50. The number of rotatable bonds is 3. The number of carbonyl (C=O) groups excluding carboxylic acids is 1. The van der Waals surface area contributed by atoms with Crippen LogP contribution in [0.4, 0.5) is 0 Å². The predicted molar refractivity (Wildman–Crippen MR) is 128 cm³/mol. The zero-order valence-electron chi connectivity index (χ0n) is 17.9. The molecule has 8 nitrogen and oxygen atoms in total. The van der Waals surface area contributed by atoms with Crippen molar-refractivity contribution in [1.29, 1.82) is 0 Å². The van der Waals surface area contributed by atoms with Gasteiger partial charge in [-0.2, -0.15) is 4.31 Å². The van der Waals surface area contributed by atoms with Crippen molar-refractivity contribution in [2.24, 2.45) is 0 Å². The van der Waals surface area contributed by atoms with Gasteiger partial charge in [0.2, 0.25) is 10.0 Å². The smallest absolute Gasteiger partial charge is 0.282 e. The molecule has 0 spiro atoms. The second-order valence-corrected chi connectivity index (χ2v) is 11.8. The van der Waals surface area contributed by atoms with E-state index in [1.165, 1.54) is 15.6 Å². The van der Waals surface area contributed by atoms with E-state index in [9.17, 15) is 18.4 Å². The first kappa shape index (κ1) is 22.7. The number of fused-ring (bicyclic) bond motifs is 2. The van der Waals surface area contributed by atoms with E-state index in [2.05, 4.69) is 4.98 Å². The normalized spacial score (nSPS) is 20.2. The van der Waals surface area contributed by atoms with Crippen molar-refractivity contribution < 1.29 is 13.2 Å². The van der Waals surface area contributed by atoms with Crippen LogP contribution in [0.2, 0.25) is 5.02 Å². The average molecular weight is 506 g/mol. The van der Waals surface area contributed by atoms with Gasteiger partial charge in [0.15, 0.2) is 5.01 Å². The van der Waals surface area contributed by atoms with E-state index >= 15 is 0 Å². The molecule has 0 bridgehead atoms. The van der Waals surface area contributed by atoms with Gasteiger partial charge in [-0.05, 0) is 35.0 Å². The van der Waals surface area contributed by atoms with Crippen molar-refractivity contribution in [3.63, 3.8) is 0 Å². The predicted octanol–water partition coefficient (Wildman–Crippen LogP) is 3.34. The summed E-state index contributed by atoms with van der Waals surface area (Å²) in [5.74, 6) is -0.209. The Morgan fingerprint density at radius 1 is 1.12 bits per heavy atom. The van der Waals surface area contributed by atoms with Gasteiger partial charge in [-0.25, -0.2) is 13.4 Å². The van der Waals surface area contributed by atoms with Crippen LogP contribution in [0.15, 0.2) is 41.3 Å². The standard InChI is InChI=1S/C22H22ClN4O4S2/c1-14-10-19-20(13-27(14)29)32-21(24-19)22(28)25-6-8-26(9-7-25)33(30,31)18-5-3-15-11-17(23)4-2-16(15)12-18/h2-5,11-12,14H,6-10,13H2,1H3/q-1. The molecule has 2 aromatic carbocycles. The molecule has 1 unspecified atom stereocenters. The van der Waals surface area contributed by atoms with Crippen LogP contribution in [0.3, 0.4) is 0 Å². The van der Waals surface area contributed by atoms with Gasteiger partial charge in [-0.3, -0.25) is 4.79 Å². The molecular formula is C22H22ClN4O4S2-. The van der Waals surface area contributed by atoms with Crippen LogP contribution >= 0.6 is 22.9 Å². The lowest BCUT2D eigenvalue weighted by Gasteiger charge is -2.37. The molecule has 0 aliphatic carbocycles. The summed E-state index contributed by atoms with van der Waals surface area (Å²) in [4.78, 5) is 20.2. The minimum atomic E-state index is -3.68. The van der Waals surface area contributed by atoms with Gasteiger partial charge in [0.1, 0.15) is 0 Å². The third-order valence-electron chi connectivity index (χ3n) is 6.18. The molecule has 33 heavy (non-hydrogen) atoms. The van der Waals surface area contributed by atoms with Crippen molar-refractivity contribution in [2.45, 2.75) is 30.8 Å². The first-order valence-corrected chi connectivity index (χ1v) is 13.3. The molecule has 1 atom stereocenters. The summed E-state index contributed by atoms with van der Waals surface area (Å²) in [6, 6.07) is 10.2. The number of nitrogens with zero attached hydrogens (tertiary/aromatic N) is 4. The zero-order chi connectivity index (χ0) is 23.3. The van der Waals surface area contributed by atoms with Crippen LogP contribution in [0, 0.1) is 5.21 Å². The van der Waals surface area contributed by atoms with E-state index in [0.29, 0.717) is 16.5 Å².